The molecule has 0 aliphatic carbocycles. The molecule has 0 spiro atoms. The second-order valence-electron chi connectivity index (χ2n) is 5.70. The monoisotopic (exact) mass is 339 g/mol. The molecule has 0 bridgehead atoms. The Morgan fingerprint density at radius 3 is 2.62 bits per heavy atom. The topological polar surface area (TPSA) is 56.1 Å². The number of para-hydroxylation sites is 1. The summed E-state index contributed by atoms with van der Waals surface area (Å²) >= 11 is 0. The maximum absolute atomic E-state index is 13.5. The molecule has 0 unspecified atom stereocenters. The van der Waals surface area contributed by atoms with E-state index >= 15 is 0 Å². The van der Waals surface area contributed by atoms with Crippen molar-refractivity contribution in [3.63, 3.8) is 0 Å². The van der Waals surface area contributed by atoms with Crippen molar-refractivity contribution in [3.8, 4) is 5.69 Å². The number of carbonyl (C=O) groups excluding carboxylic acids is 1. The highest BCUT2D eigenvalue weighted by Crippen LogP contribution is 2.36. The van der Waals surface area contributed by atoms with Crippen molar-refractivity contribution in [2.45, 2.75) is 25.6 Å². The molecule has 1 aliphatic rings. The summed E-state index contributed by atoms with van der Waals surface area (Å²) in [6, 6.07) is 7.95. The molecule has 24 heavy (non-hydrogen) atoms. The molecular formula is C16H16F3N3O2. The van der Waals surface area contributed by atoms with E-state index in [-0.39, 0.29) is 17.3 Å². The third-order valence-corrected chi connectivity index (χ3v) is 3.94. The maximum atomic E-state index is 13.5. The van der Waals surface area contributed by atoms with Gasteiger partial charge in [0.05, 0.1) is 17.6 Å². The molecule has 1 aliphatic heterocycles. The largest absolute Gasteiger partial charge is 0.435 e. The Kier molecular flexibility index (Phi) is 4.31. The standard InChI is InChI=1S/C16H16F3N3O2/c1-10-7-8-24-13(10)15(23)21-12-9-20-22(14(12)16(17,18)19)11-5-3-2-4-6-11/h2-6,9-10,13H,7-8H2,1H3,(H,21,23)/t10-,13-/m0/s1. The van der Waals surface area contributed by atoms with Gasteiger partial charge >= 0.3 is 6.18 Å². The number of anilines is 1. The Labute approximate surface area is 136 Å². The second kappa shape index (κ2) is 6.27. The smallest absolute Gasteiger partial charge is 0.368 e. The highest BCUT2D eigenvalue weighted by Gasteiger charge is 2.40. The minimum atomic E-state index is -4.67. The molecule has 2 aromatic rings. The lowest BCUT2D eigenvalue weighted by Crippen LogP contribution is -2.32. The van der Waals surface area contributed by atoms with Crippen LogP contribution in [0.1, 0.15) is 19.0 Å². The predicted molar refractivity (Wildman–Crippen MR) is 80.7 cm³/mol. The molecule has 8 heteroatoms. The second-order valence-corrected chi connectivity index (χ2v) is 5.70. The van der Waals surface area contributed by atoms with Crippen LogP contribution in [0.4, 0.5) is 18.9 Å². The Balaban J connectivity index is 1.94. The molecule has 1 amide bonds. The van der Waals surface area contributed by atoms with Crippen LogP contribution in [-0.2, 0) is 15.7 Å². The van der Waals surface area contributed by atoms with Crippen molar-refractivity contribution >= 4 is 11.6 Å². The van der Waals surface area contributed by atoms with Gasteiger partial charge in [-0.3, -0.25) is 4.79 Å². The number of alkyl halides is 3. The van der Waals surface area contributed by atoms with Crippen LogP contribution < -0.4 is 5.32 Å². The van der Waals surface area contributed by atoms with Gasteiger partial charge in [-0.25, -0.2) is 4.68 Å². The minimum Gasteiger partial charge on any atom is -0.368 e. The van der Waals surface area contributed by atoms with Crippen LogP contribution in [-0.4, -0.2) is 28.4 Å². The van der Waals surface area contributed by atoms with Crippen LogP contribution in [0.5, 0.6) is 0 Å². The Morgan fingerprint density at radius 2 is 2.04 bits per heavy atom. The van der Waals surface area contributed by atoms with Gasteiger partial charge in [0.15, 0.2) is 5.69 Å². The van der Waals surface area contributed by atoms with Crippen molar-refractivity contribution in [2.75, 3.05) is 11.9 Å². The first-order valence-electron chi connectivity index (χ1n) is 7.51. The zero-order valence-corrected chi connectivity index (χ0v) is 12.9. The molecule has 1 aromatic carbocycles. The zero-order chi connectivity index (χ0) is 17.3. The molecule has 128 valence electrons. The highest BCUT2D eigenvalue weighted by molar-refractivity contribution is 5.95. The molecule has 2 atom stereocenters. The van der Waals surface area contributed by atoms with E-state index < -0.39 is 23.9 Å². The molecule has 5 nitrogen and oxygen atoms in total. The quantitative estimate of drug-likeness (QED) is 0.934. The van der Waals surface area contributed by atoms with Gasteiger partial charge in [-0.1, -0.05) is 25.1 Å². The predicted octanol–water partition coefficient (Wildman–Crippen LogP) is 3.25. The van der Waals surface area contributed by atoms with Gasteiger partial charge in [0.1, 0.15) is 6.10 Å². The van der Waals surface area contributed by atoms with Crippen molar-refractivity contribution < 1.29 is 22.7 Å². The number of rotatable bonds is 3. The SMILES string of the molecule is C[C@H]1CCO[C@@H]1C(=O)Nc1cnn(-c2ccccc2)c1C(F)(F)F. The summed E-state index contributed by atoms with van der Waals surface area (Å²) in [5, 5.41) is 6.10. The summed E-state index contributed by atoms with van der Waals surface area (Å²) < 4.78 is 46.5. The van der Waals surface area contributed by atoms with Crippen LogP contribution in [0.25, 0.3) is 5.69 Å². The Bertz CT molecular complexity index is 728. The summed E-state index contributed by atoms with van der Waals surface area (Å²) in [5.74, 6) is -0.624. The van der Waals surface area contributed by atoms with Gasteiger partial charge in [0.25, 0.3) is 5.91 Å². The van der Waals surface area contributed by atoms with Gasteiger partial charge in [-0.2, -0.15) is 18.3 Å². The third kappa shape index (κ3) is 3.14. The normalized spacial score (nSPS) is 21.0. The first-order valence-corrected chi connectivity index (χ1v) is 7.51. The van der Waals surface area contributed by atoms with E-state index in [0.29, 0.717) is 13.0 Å². The molecule has 2 heterocycles. The number of ether oxygens (including phenoxy) is 1. The van der Waals surface area contributed by atoms with Crippen molar-refractivity contribution in [1.29, 1.82) is 0 Å². The van der Waals surface area contributed by atoms with Gasteiger partial charge in [-0.05, 0) is 24.5 Å². The molecule has 1 fully saturated rings. The van der Waals surface area contributed by atoms with Crippen LogP contribution in [0.15, 0.2) is 36.5 Å². The van der Waals surface area contributed by atoms with Crippen LogP contribution in [0, 0.1) is 5.92 Å². The molecule has 0 radical (unpaired) electrons. The van der Waals surface area contributed by atoms with E-state index in [2.05, 4.69) is 10.4 Å². The zero-order valence-electron chi connectivity index (χ0n) is 12.9. The van der Waals surface area contributed by atoms with Crippen LogP contribution >= 0.6 is 0 Å². The highest BCUT2D eigenvalue weighted by atomic mass is 19.4. The number of nitrogens with zero attached hydrogens (tertiary/aromatic N) is 2. The fraction of sp³-hybridized carbons (Fsp3) is 0.375. The number of amides is 1. The average molecular weight is 339 g/mol. The first-order chi connectivity index (χ1) is 11.4. The van der Waals surface area contributed by atoms with Gasteiger partial charge in [0, 0.05) is 6.61 Å². The van der Waals surface area contributed by atoms with Gasteiger partial charge in [0.2, 0.25) is 0 Å². The van der Waals surface area contributed by atoms with Crippen molar-refractivity contribution in [3.05, 3.63) is 42.2 Å². The summed E-state index contributed by atoms with van der Waals surface area (Å²) in [4.78, 5) is 12.2. The van der Waals surface area contributed by atoms with E-state index in [1.807, 2.05) is 6.92 Å². The lowest BCUT2D eigenvalue weighted by Gasteiger charge is -2.16. The van der Waals surface area contributed by atoms with Crippen molar-refractivity contribution in [2.24, 2.45) is 5.92 Å². The van der Waals surface area contributed by atoms with E-state index in [1.54, 1.807) is 18.2 Å². The molecule has 0 saturated carbocycles. The summed E-state index contributed by atoms with van der Waals surface area (Å²) in [6.07, 6.45) is -3.70. The Hall–Kier alpha value is -2.35. The number of aromatic nitrogens is 2. The Morgan fingerprint density at radius 1 is 1.33 bits per heavy atom. The number of hydrogen-bond acceptors (Lipinski definition) is 3. The number of nitrogens with one attached hydrogen (secondary N) is 1. The first kappa shape index (κ1) is 16.5. The number of benzene rings is 1. The average Bonchev–Trinajstić information content (AvgIpc) is 3.14. The molecule has 1 saturated heterocycles. The van der Waals surface area contributed by atoms with Gasteiger partial charge < -0.3 is 10.1 Å². The van der Waals surface area contributed by atoms with E-state index in [4.69, 9.17) is 4.74 Å². The minimum absolute atomic E-state index is 0.0384. The van der Waals surface area contributed by atoms with Crippen LogP contribution in [0.2, 0.25) is 0 Å². The summed E-state index contributed by atoms with van der Waals surface area (Å²) in [7, 11) is 0. The van der Waals surface area contributed by atoms with Crippen molar-refractivity contribution in [1.82, 2.24) is 9.78 Å². The molecule has 3 rings (SSSR count). The fourth-order valence-corrected chi connectivity index (χ4v) is 2.71. The molecular weight excluding hydrogens is 323 g/mol. The van der Waals surface area contributed by atoms with E-state index in [0.717, 1.165) is 10.9 Å². The number of hydrogen-bond donors (Lipinski definition) is 1. The lowest BCUT2D eigenvalue weighted by molar-refractivity contribution is -0.142. The molecule has 1 N–H and O–H groups in total. The third-order valence-electron chi connectivity index (χ3n) is 3.94. The number of halogens is 3. The fourth-order valence-electron chi connectivity index (χ4n) is 2.71. The summed E-state index contributed by atoms with van der Waals surface area (Å²) in [5.41, 5.74) is -1.14. The van der Waals surface area contributed by atoms with E-state index in [1.165, 1.54) is 12.1 Å². The van der Waals surface area contributed by atoms with E-state index in [9.17, 15) is 18.0 Å². The maximum Gasteiger partial charge on any atom is 0.435 e. The molecule has 1 aromatic heterocycles. The lowest BCUT2D eigenvalue weighted by atomic mass is 10.0. The number of carbonyl (C=O) groups is 1. The van der Waals surface area contributed by atoms with Gasteiger partial charge in [-0.15, -0.1) is 0 Å². The summed E-state index contributed by atoms with van der Waals surface area (Å²) in [6.45, 7) is 2.25. The van der Waals surface area contributed by atoms with Crippen LogP contribution in [0.3, 0.4) is 0 Å².